The maximum Gasteiger partial charge on any atom is 0.211 e. The van der Waals surface area contributed by atoms with E-state index in [0.717, 1.165) is 24.5 Å². The van der Waals surface area contributed by atoms with Gasteiger partial charge in [-0.2, -0.15) is 0 Å². The van der Waals surface area contributed by atoms with Crippen LogP contribution in [0.4, 0.5) is 5.82 Å². The van der Waals surface area contributed by atoms with Crippen LogP contribution in [0.5, 0.6) is 0 Å². The van der Waals surface area contributed by atoms with Crippen LogP contribution < -0.4 is 4.90 Å². The summed E-state index contributed by atoms with van der Waals surface area (Å²) < 4.78 is 24.3. The lowest BCUT2D eigenvalue weighted by Crippen LogP contribution is -2.48. The Morgan fingerprint density at radius 2 is 2.00 bits per heavy atom. The van der Waals surface area contributed by atoms with Crippen molar-refractivity contribution < 1.29 is 13.5 Å². The number of hydrogen-bond acceptors (Lipinski definition) is 6. The van der Waals surface area contributed by atoms with E-state index in [1.165, 1.54) is 10.6 Å². The molecular formula is C13H20N4O3S. The van der Waals surface area contributed by atoms with Crippen LogP contribution in [0.3, 0.4) is 0 Å². The van der Waals surface area contributed by atoms with Crippen LogP contribution >= 0.6 is 0 Å². The molecular weight excluding hydrogens is 292 g/mol. The lowest BCUT2D eigenvalue weighted by molar-refractivity contribution is 0.198. The fraction of sp³-hybridized carbons (Fsp3) is 0.692. The smallest absolute Gasteiger partial charge is 0.211 e. The second-order valence-corrected chi connectivity index (χ2v) is 7.87. The van der Waals surface area contributed by atoms with Gasteiger partial charge in [-0.3, -0.25) is 0 Å². The number of sulfonamides is 1. The number of anilines is 1. The van der Waals surface area contributed by atoms with Crippen LogP contribution in [-0.4, -0.2) is 66.3 Å². The molecule has 2 aliphatic rings. The Kier molecular flexibility index (Phi) is 3.62. The van der Waals surface area contributed by atoms with Crippen LogP contribution in [0.2, 0.25) is 0 Å². The Hall–Kier alpha value is -1.25. The van der Waals surface area contributed by atoms with E-state index in [1.54, 1.807) is 0 Å². The summed E-state index contributed by atoms with van der Waals surface area (Å²) in [6.07, 6.45) is 1.68. The number of aryl methyl sites for hydroxylation is 1. The minimum absolute atomic E-state index is 0.0610. The van der Waals surface area contributed by atoms with Crippen LogP contribution in [0.15, 0.2) is 6.07 Å². The summed E-state index contributed by atoms with van der Waals surface area (Å²) in [4.78, 5) is 11.1. The molecule has 0 spiro atoms. The molecule has 1 N–H and O–H groups in total. The van der Waals surface area contributed by atoms with Gasteiger partial charge in [0.15, 0.2) is 0 Å². The van der Waals surface area contributed by atoms with Crippen molar-refractivity contribution in [1.29, 1.82) is 0 Å². The van der Waals surface area contributed by atoms with Gasteiger partial charge in [0.05, 0.1) is 12.4 Å². The summed E-state index contributed by atoms with van der Waals surface area (Å²) in [5.74, 6) is 1.59. The molecule has 1 aromatic rings. The normalized spacial score (nSPS) is 24.3. The molecule has 3 heterocycles. The Balaban J connectivity index is 1.77. The molecule has 0 saturated carbocycles. The van der Waals surface area contributed by atoms with Gasteiger partial charge >= 0.3 is 0 Å². The summed E-state index contributed by atoms with van der Waals surface area (Å²) in [6.45, 7) is 4.19. The summed E-state index contributed by atoms with van der Waals surface area (Å²) in [7, 11) is -3.12. The van der Waals surface area contributed by atoms with Crippen molar-refractivity contribution in [1.82, 2.24) is 14.3 Å². The van der Waals surface area contributed by atoms with Gasteiger partial charge in [-0.1, -0.05) is 0 Å². The zero-order valence-corrected chi connectivity index (χ0v) is 13.0. The van der Waals surface area contributed by atoms with Crippen LogP contribution in [0.25, 0.3) is 0 Å². The highest BCUT2D eigenvalue weighted by molar-refractivity contribution is 7.88. The third-order valence-electron chi connectivity index (χ3n) is 4.03. The fourth-order valence-electron chi connectivity index (χ4n) is 2.74. The zero-order valence-electron chi connectivity index (χ0n) is 12.2. The third kappa shape index (κ3) is 3.02. The number of aromatic nitrogens is 2. The van der Waals surface area contributed by atoms with Crippen molar-refractivity contribution in [2.45, 2.75) is 25.4 Å². The fourth-order valence-corrected chi connectivity index (χ4v) is 3.64. The molecule has 1 atom stereocenters. The quantitative estimate of drug-likeness (QED) is 0.826. The van der Waals surface area contributed by atoms with E-state index in [2.05, 4.69) is 14.9 Å². The number of aliphatic hydroxyl groups is 1. The van der Waals surface area contributed by atoms with Crippen molar-refractivity contribution >= 4 is 15.8 Å². The molecule has 2 aliphatic heterocycles. The average Bonchev–Trinajstić information content (AvgIpc) is 2.71. The van der Waals surface area contributed by atoms with E-state index in [1.807, 2.05) is 13.0 Å². The molecule has 0 radical (unpaired) electrons. The first kappa shape index (κ1) is 14.7. The summed E-state index contributed by atoms with van der Waals surface area (Å²) in [5, 5.41) is 9.63. The van der Waals surface area contributed by atoms with Gasteiger partial charge < -0.3 is 10.0 Å². The third-order valence-corrected chi connectivity index (χ3v) is 5.26. The Labute approximate surface area is 124 Å². The molecule has 21 heavy (non-hydrogen) atoms. The molecule has 3 rings (SSSR count). The minimum atomic E-state index is -3.12. The van der Waals surface area contributed by atoms with E-state index in [4.69, 9.17) is 0 Å². The highest BCUT2D eigenvalue weighted by Gasteiger charge is 2.36. The molecule has 2 saturated heterocycles. The maximum atomic E-state index is 11.4. The molecule has 0 bridgehead atoms. The monoisotopic (exact) mass is 312 g/mol. The van der Waals surface area contributed by atoms with Gasteiger partial charge in [-0.25, -0.2) is 22.7 Å². The molecule has 0 aliphatic carbocycles. The van der Waals surface area contributed by atoms with Crippen molar-refractivity contribution in [3.8, 4) is 0 Å². The van der Waals surface area contributed by atoms with Gasteiger partial charge in [-0.05, 0) is 13.3 Å². The Morgan fingerprint density at radius 1 is 1.29 bits per heavy atom. The molecule has 2 fully saturated rings. The topological polar surface area (TPSA) is 86.6 Å². The van der Waals surface area contributed by atoms with E-state index in [-0.39, 0.29) is 12.0 Å². The molecule has 116 valence electrons. The van der Waals surface area contributed by atoms with Crippen molar-refractivity contribution in [2.24, 2.45) is 0 Å². The van der Waals surface area contributed by atoms with Gasteiger partial charge in [-0.15, -0.1) is 0 Å². The minimum Gasteiger partial charge on any atom is -0.391 e. The summed E-state index contributed by atoms with van der Waals surface area (Å²) in [5.41, 5.74) is 0.870. The van der Waals surface area contributed by atoms with Gasteiger partial charge in [0.2, 0.25) is 10.0 Å². The first-order chi connectivity index (χ1) is 9.83. The van der Waals surface area contributed by atoms with Crippen LogP contribution in [-0.2, 0) is 10.0 Å². The predicted molar refractivity (Wildman–Crippen MR) is 78.8 cm³/mol. The van der Waals surface area contributed by atoms with E-state index < -0.39 is 10.0 Å². The van der Waals surface area contributed by atoms with E-state index in [0.29, 0.717) is 25.5 Å². The molecule has 7 nitrogen and oxygen atoms in total. The Bertz CT molecular complexity index is 643. The lowest BCUT2D eigenvalue weighted by atomic mass is 10.0. The SMILES string of the molecule is Cc1cc(N2CC[C@@H](O)C2)nc(C2CN(S(C)(=O)=O)C2)n1. The zero-order chi connectivity index (χ0) is 15.2. The first-order valence-electron chi connectivity index (χ1n) is 7.06. The van der Waals surface area contributed by atoms with Crippen molar-refractivity contribution in [3.05, 3.63) is 17.6 Å². The maximum absolute atomic E-state index is 11.4. The largest absolute Gasteiger partial charge is 0.391 e. The van der Waals surface area contributed by atoms with Crippen molar-refractivity contribution in [2.75, 3.05) is 37.3 Å². The highest BCUT2D eigenvalue weighted by Crippen LogP contribution is 2.28. The molecule has 0 unspecified atom stereocenters. The Morgan fingerprint density at radius 3 is 2.57 bits per heavy atom. The van der Waals surface area contributed by atoms with Crippen LogP contribution in [0.1, 0.15) is 23.9 Å². The standard InChI is InChI=1S/C13H20N4O3S/c1-9-5-12(16-4-3-11(18)8-16)15-13(14-9)10-6-17(7-10)21(2,19)20/h5,10-11,18H,3-4,6-8H2,1-2H3/t11-/m1/s1. The van der Waals surface area contributed by atoms with E-state index in [9.17, 15) is 13.5 Å². The molecule has 0 aromatic carbocycles. The number of nitrogens with zero attached hydrogens (tertiary/aromatic N) is 4. The summed E-state index contributed by atoms with van der Waals surface area (Å²) in [6, 6.07) is 1.91. The highest BCUT2D eigenvalue weighted by atomic mass is 32.2. The number of β-amino-alcohol motifs (C(OH)–C–C–N with tert-alkyl or cyclic N) is 1. The number of hydrogen-bond donors (Lipinski definition) is 1. The van der Waals surface area contributed by atoms with Gasteiger partial charge in [0.25, 0.3) is 0 Å². The van der Waals surface area contributed by atoms with Gasteiger partial charge in [0, 0.05) is 43.9 Å². The predicted octanol–water partition coefficient (Wildman–Crippen LogP) is -0.285. The average molecular weight is 312 g/mol. The van der Waals surface area contributed by atoms with E-state index >= 15 is 0 Å². The van der Waals surface area contributed by atoms with Crippen LogP contribution in [0, 0.1) is 6.92 Å². The molecule has 1 aromatic heterocycles. The summed E-state index contributed by atoms with van der Waals surface area (Å²) >= 11 is 0. The number of aliphatic hydroxyl groups excluding tert-OH is 1. The lowest BCUT2D eigenvalue weighted by Gasteiger charge is -2.36. The first-order valence-corrected chi connectivity index (χ1v) is 8.91. The number of rotatable bonds is 3. The molecule has 8 heteroatoms. The van der Waals surface area contributed by atoms with Crippen molar-refractivity contribution in [3.63, 3.8) is 0 Å². The second-order valence-electron chi connectivity index (χ2n) is 5.89. The van der Waals surface area contributed by atoms with Gasteiger partial charge in [0.1, 0.15) is 11.6 Å². The molecule has 0 amide bonds. The second kappa shape index (κ2) is 5.19.